The molecule has 0 heterocycles. The van der Waals surface area contributed by atoms with Crippen LogP contribution in [0.15, 0.2) is 0 Å². The molecule has 0 aliphatic heterocycles. The number of thioether (sulfide) groups is 1. The van der Waals surface area contributed by atoms with Gasteiger partial charge in [-0.1, -0.05) is 0 Å². The molecule has 0 amide bonds. The van der Waals surface area contributed by atoms with Crippen LogP contribution in [0.4, 0.5) is 0 Å². The minimum atomic E-state index is 0.0602. The maximum absolute atomic E-state index is 5.02. The molecule has 0 aliphatic carbocycles. The molecule has 0 N–H and O–H groups in total. The van der Waals surface area contributed by atoms with E-state index in [-0.39, 0.29) is 4.77 Å². The van der Waals surface area contributed by atoms with Crippen LogP contribution < -0.4 is 0 Å². The van der Waals surface area contributed by atoms with E-state index < -0.39 is 0 Å². The molecule has 1 atom stereocenters. The molecule has 7 heavy (non-hydrogen) atoms. The van der Waals surface area contributed by atoms with E-state index in [1.807, 2.05) is 13.2 Å². The first kappa shape index (κ1) is 7.66. The molecule has 0 aromatic heterocycles. The van der Waals surface area contributed by atoms with Crippen LogP contribution in [0, 0.1) is 0 Å². The Hall–Kier alpha value is 0.660. The largest absolute Gasteiger partial charge is 0.358 e. The summed E-state index contributed by atoms with van der Waals surface area (Å²) in [5.74, 6) is 0. The Morgan fingerprint density at radius 2 is 2.43 bits per heavy atom. The highest BCUT2D eigenvalue weighted by Gasteiger charge is 1.93. The predicted molar refractivity (Wildman–Crippen MR) is 37.9 cm³/mol. The summed E-state index contributed by atoms with van der Waals surface area (Å²) in [6.07, 6.45) is 1.97. The number of ether oxygens (including phenoxy) is 1. The molecular weight excluding hydrogens is 128 g/mol. The summed E-state index contributed by atoms with van der Waals surface area (Å²) in [6, 6.07) is 0. The fourth-order valence-electron chi connectivity index (χ4n) is 0.211. The zero-order valence-electron chi connectivity index (χ0n) is 4.55. The van der Waals surface area contributed by atoms with Gasteiger partial charge in [0.2, 0.25) is 0 Å². The molecule has 0 bridgehead atoms. The molecule has 44 valence electrons. The molecular formula is C4H10OS2. The second-order valence-electron chi connectivity index (χ2n) is 0.998. The highest BCUT2D eigenvalue weighted by Crippen LogP contribution is 2.10. The van der Waals surface area contributed by atoms with E-state index in [4.69, 9.17) is 4.74 Å². The molecule has 1 unspecified atom stereocenters. The van der Waals surface area contributed by atoms with E-state index in [0.29, 0.717) is 0 Å². The zero-order valence-corrected chi connectivity index (χ0v) is 6.26. The van der Waals surface area contributed by atoms with Crippen molar-refractivity contribution in [2.24, 2.45) is 0 Å². The molecule has 0 aromatic carbocycles. The Bertz CT molecular complexity index is 40.7. The van der Waals surface area contributed by atoms with Gasteiger partial charge in [-0.3, -0.25) is 0 Å². The summed E-state index contributed by atoms with van der Waals surface area (Å²) in [5.41, 5.74) is 0. The minimum absolute atomic E-state index is 0.0602. The standard InChI is InChI=1S/C4H10OS2/c1-3-5-4(6)7-2/h4,6H,3H2,1-2H3. The maximum Gasteiger partial charge on any atom is 0.146 e. The summed E-state index contributed by atoms with van der Waals surface area (Å²) >= 11 is 5.64. The lowest BCUT2D eigenvalue weighted by Crippen LogP contribution is -1.97. The molecule has 0 fully saturated rings. The van der Waals surface area contributed by atoms with Crippen molar-refractivity contribution < 1.29 is 4.74 Å². The molecule has 0 aromatic rings. The van der Waals surface area contributed by atoms with Crippen molar-refractivity contribution in [2.45, 2.75) is 11.7 Å². The fraction of sp³-hybridized carbons (Fsp3) is 1.00. The quantitative estimate of drug-likeness (QED) is 0.468. The van der Waals surface area contributed by atoms with Crippen molar-refractivity contribution in [2.75, 3.05) is 12.9 Å². The van der Waals surface area contributed by atoms with E-state index >= 15 is 0 Å². The van der Waals surface area contributed by atoms with Crippen LogP contribution >= 0.6 is 24.4 Å². The molecule has 0 aliphatic rings. The van der Waals surface area contributed by atoms with Gasteiger partial charge in [0.05, 0.1) is 0 Å². The first-order valence-electron chi connectivity index (χ1n) is 2.13. The van der Waals surface area contributed by atoms with Crippen LogP contribution in [0.1, 0.15) is 6.92 Å². The lowest BCUT2D eigenvalue weighted by Gasteiger charge is -2.04. The van der Waals surface area contributed by atoms with Gasteiger partial charge in [-0.15, -0.1) is 24.4 Å². The highest BCUT2D eigenvalue weighted by atomic mass is 32.2. The Balaban J connectivity index is 2.83. The van der Waals surface area contributed by atoms with Gasteiger partial charge in [0.1, 0.15) is 4.77 Å². The summed E-state index contributed by atoms with van der Waals surface area (Å²) < 4.78 is 5.08. The average molecular weight is 138 g/mol. The number of hydrogen-bond acceptors (Lipinski definition) is 3. The van der Waals surface area contributed by atoms with Crippen molar-refractivity contribution in [1.29, 1.82) is 0 Å². The van der Waals surface area contributed by atoms with Crippen LogP contribution in [0.25, 0.3) is 0 Å². The topological polar surface area (TPSA) is 9.23 Å². The second-order valence-corrected chi connectivity index (χ2v) is 2.72. The number of hydrogen-bond donors (Lipinski definition) is 1. The van der Waals surface area contributed by atoms with E-state index in [2.05, 4.69) is 12.6 Å². The van der Waals surface area contributed by atoms with Crippen LogP contribution in [0.3, 0.4) is 0 Å². The van der Waals surface area contributed by atoms with Crippen LogP contribution in [0.5, 0.6) is 0 Å². The van der Waals surface area contributed by atoms with Crippen molar-refractivity contribution in [1.82, 2.24) is 0 Å². The van der Waals surface area contributed by atoms with Gasteiger partial charge in [-0.05, 0) is 13.2 Å². The normalized spacial score (nSPS) is 14.1. The number of rotatable bonds is 3. The van der Waals surface area contributed by atoms with Crippen LogP contribution in [0.2, 0.25) is 0 Å². The third-order valence-electron chi connectivity index (χ3n) is 0.511. The second kappa shape index (κ2) is 4.81. The van der Waals surface area contributed by atoms with Crippen molar-refractivity contribution in [3.63, 3.8) is 0 Å². The molecule has 1 nitrogen and oxygen atoms in total. The average Bonchev–Trinajstić information content (AvgIpc) is 1.68. The van der Waals surface area contributed by atoms with Gasteiger partial charge in [0.15, 0.2) is 0 Å². The van der Waals surface area contributed by atoms with Gasteiger partial charge in [-0.25, -0.2) is 0 Å². The van der Waals surface area contributed by atoms with E-state index in [9.17, 15) is 0 Å². The molecule has 0 radical (unpaired) electrons. The van der Waals surface area contributed by atoms with E-state index in [0.717, 1.165) is 6.61 Å². The summed E-state index contributed by atoms with van der Waals surface area (Å²) in [4.78, 5) is 0. The fourth-order valence-corrected chi connectivity index (χ4v) is 0.632. The first-order valence-corrected chi connectivity index (χ1v) is 3.94. The third kappa shape index (κ3) is 4.51. The maximum atomic E-state index is 5.02. The first-order chi connectivity index (χ1) is 3.31. The Kier molecular flexibility index (Phi) is 5.26. The zero-order chi connectivity index (χ0) is 5.70. The highest BCUT2D eigenvalue weighted by molar-refractivity contribution is 8.09. The minimum Gasteiger partial charge on any atom is -0.358 e. The molecule has 3 heteroatoms. The third-order valence-corrected chi connectivity index (χ3v) is 1.83. The van der Waals surface area contributed by atoms with Gasteiger partial charge >= 0.3 is 0 Å². The van der Waals surface area contributed by atoms with E-state index in [1.54, 1.807) is 11.8 Å². The Labute approximate surface area is 54.2 Å². The summed E-state index contributed by atoms with van der Waals surface area (Å²) in [6.45, 7) is 2.70. The van der Waals surface area contributed by atoms with Crippen molar-refractivity contribution >= 4 is 24.4 Å². The lowest BCUT2D eigenvalue weighted by atomic mass is 10.9. The van der Waals surface area contributed by atoms with Gasteiger partial charge < -0.3 is 4.74 Å². The van der Waals surface area contributed by atoms with Gasteiger partial charge in [0, 0.05) is 6.61 Å². The van der Waals surface area contributed by atoms with E-state index in [1.165, 1.54) is 0 Å². The lowest BCUT2D eigenvalue weighted by molar-refractivity contribution is 0.179. The molecule has 0 spiro atoms. The molecule has 0 saturated carbocycles. The van der Waals surface area contributed by atoms with Gasteiger partial charge in [0.25, 0.3) is 0 Å². The molecule has 0 saturated heterocycles. The van der Waals surface area contributed by atoms with Crippen LogP contribution in [-0.4, -0.2) is 17.6 Å². The summed E-state index contributed by atoms with van der Waals surface area (Å²) in [5, 5.41) is 0. The Morgan fingerprint density at radius 1 is 1.86 bits per heavy atom. The predicted octanol–water partition coefficient (Wildman–Crippen LogP) is 1.60. The van der Waals surface area contributed by atoms with Crippen molar-refractivity contribution in [3.05, 3.63) is 0 Å². The number of thiol groups is 1. The van der Waals surface area contributed by atoms with Crippen LogP contribution in [-0.2, 0) is 4.74 Å². The monoisotopic (exact) mass is 138 g/mol. The van der Waals surface area contributed by atoms with Crippen molar-refractivity contribution in [3.8, 4) is 0 Å². The SMILES string of the molecule is CCOC(S)SC. The molecule has 0 rings (SSSR count). The Morgan fingerprint density at radius 3 is 2.57 bits per heavy atom. The van der Waals surface area contributed by atoms with Gasteiger partial charge in [-0.2, -0.15) is 0 Å². The summed E-state index contributed by atoms with van der Waals surface area (Å²) in [7, 11) is 0. The smallest absolute Gasteiger partial charge is 0.146 e.